The smallest absolute Gasteiger partial charge is 0.236 e. The molecule has 0 saturated carbocycles. The molecule has 0 spiro atoms. The Morgan fingerprint density at radius 1 is 1.26 bits per heavy atom. The number of aromatic nitrogens is 2. The van der Waals surface area contributed by atoms with E-state index in [0.29, 0.717) is 0 Å². The van der Waals surface area contributed by atoms with E-state index in [0.717, 1.165) is 6.54 Å². The lowest BCUT2D eigenvalue weighted by Gasteiger charge is -2.10. The van der Waals surface area contributed by atoms with Crippen molar-refractivity contribution >= 4 is 16.2 Å². The predicted octanol–water partition coefficient (Wildman–Crippen LogP) is 2.62. The second-order valence-corrected chi connectivity index (χ2v) is 5.86. The van der Waals surface area contributed by atoms with Crippen LogP contribution < -0.4 is 9.29 Å². The summed E-state index contributed by atoms with van der Waals surface area (Å²) in [5, 5.41) is 0. The van der Waals surface area contributed by atoms with E-state index < -0.39 is 26.6 Å². The zero-order chi connectivity index (χ0) is 18.3. The number of halogens is 6. The fourth-order valence-electron chi connectivity index (χ4n) is 1.20. The van der Waals surface area contributed by atoms with Gasteiger partial charge in [0.15, 0.2) is 0 Å². The van der Waals surface area contributed by atoms with E-state index in [2.05, 4.69) is 24.3 Å². The van der Waals surface area contributed by atoms with Gasteiger partial charge in [0.05, 0.1) is 12.7 Å². The highest BCUT2D eigenvalue weighted by Crippen LogP contribution is 2.25. The number of imidazole rings is 1. The molecule has 1 N–H and O–H groups in total. The minimum Gasteiger partial charge on any atom is -0.236 e. The summed E-state index contributed by atoms with van der Waals surface area (Å²) in [7, 11) is -6.33. The number of hydrogen-bond donors (Lipinski definition) is 1. The standard InChI is InChI=1S/C9H15N2.C2HF6NO2S/c1-3-5-6-11-8-7-10(4-2)9-11;3-1(4,5)9-12(10,11)2(6,7)8/h4,7-9H,2-3,5-6H2,1H3;9H/q+1;. The zero-order valence-corrected chi connectivity index (χ0v) is 12.8. The number of sulfonamides is 1. The van der Waals surface area contributed by atoms with Crippen molar-refractivity contribution in [2.24, 2.45) is 0 Å². The molecule has 0 aromatic carbocycles. The van der Waals surface area contributed by atoms with Gasteiger partial charge in [-0.05, 0) is 6.42 Å². The molecule has 0 bridgehead atoms. The Balaban J connectivity index is 0.000000422. The van der Waals surface area contributed by atoms with Crippen molar-refractivity contribution in [3.63, 3.8) is 0 Å². The van der Waals surface area contributed by atoms with E-state index in [4.69, 9.17) is 0 Å². The first-order chi connectivity index (χ1) is 10.3. The highest BCUT2D eigenvalue weighted by Gasteiger charge is 2.51. The van der Waals surface area contributed by atoms with Crippen LogP contribution in [-0.2, 0) is 16.6 Å². The van der Waals surface area contributed by atoms with Crippen molar-refractivity contribution in [3.05, 3.63) is 25.3 Å². The molecule has 0 aliphatic heterocycles. The van der Waals surface area contributed by atoms with Gasteiger partial charge in [-0.3, -0.25) is 0 Å². The fourth-order valence-corrected chi connectivity index (χ4v) is 1.62. The Morgan fingerprint density at radius 2 is 1.83 bits per heavy atom. The molecule has 0 amide bonds. The summed E-state index contributed by atoms with van der Waals surface area (Å²) in [6, 6.07) is 0. The summed E-state index contributed by atoms with van der Waals surface area (Å²) >= 11 is 0. The van der Waals surface area contributed by atoms with Crippen LogP contribution in [0.4, 0.5) is 26.3 Å². The normalized spacial score (nSPS) is 12.5. The Hall–Kier alpha value is -1.56. The summed E-state index contributed by atoms with van der Waals surface area (Å²) in [5.41, 5.74) is -5.96. The monoisotopic (exact) mass is 368 g/mol. The second kappa shape index (κ2) is 8.34. The SMILES string of the molecule is C=Cn1cc[n+](CCCC)c1.O=S(=O)(NC(F)(F)F)C(F)(F)F. The maximum atomic E-state index is 11.2. The summed E-state index contributed by atoms with van der Waals surface area (Å²) in [6.07, 6.45) is 4.78. The average Bonchev–Trinajstić information content (AvgIpc) is 2.80. The third kappa shape index (κ3) is 8.59. The first-order valence-corrected chi connectivity index (χ1v) is 7.66. The van der Waals surface area contributed by atoms with Crippen LogP contribution in [-0.4, -0.2) is 24.8 Å². The van der Waals surface area contributed by atoms with E-state index in [9.17, 15) is 34.8 Å². The van der Waals surface area contributed by atoms with Gasteiger partial charge in [-0.25, -0.2) is 17.6 Å². The number of nitrogens with one attached hydrogen (secondary N) is 1. The molecular weight excluding hydrogens is 352 g/mol. The van der Waals surface area contributed by atoms with Gasteiger partial charge in [0, 0.05) is 0 Å². The molecule has 134 valence electrons. The maximum absolute atomic E-state index is 11.2. The first kappa shape index (κ1) is 21.4. The van der Waals surface area contributed by atoms with Crippen molar-refractivity contribution in [2.75, 3.05) is 0 Å². The quantitative estimate of drug-likeness (QED) is 0.494. The third-order valence-electron chi connectivity index (χ3n) is 2.25. The molecule has 5 nitrogen and oxygen atoms in total. The summed E-state index contributed by atoms with van der Waals surface area (Å²) in [6.45, 7) is 6.98. The highest BCUT2D eigenvalue weighted by molar-refractivity contribution is 7.90. The van der Waals surface area contributed by atoms with E-state index in [1.807, 2.05) is 17.1 Å². The molecule has 0 radical (unpaired) electrons. The largest absolute Gasteiger partial charge is 0.511 e. The Morgan fingerprint density at radius 3 is 2.13 bits per heavy atom. The molecule has 1 aromatic rings. The van der Waals surface area contributed by atoms with E-state index in [1.54, 1.807) is 6.20 Å². The Labute approximate surface area is 129 Å². The van der Waals surface area contributed by atoms with Gasteiger partial charge in [0.1, 0.15) is 12.4 Å². The summed E-state index contributed by atoms with van der Waals surface area (Å²) in [4.78, 5) is 0. The molecule has 1 aromatic heterocycles. The van der Waals surface area contributed by atoms with Gasteiger partial charge in [-0.2, -0.15) is 26.3 Å². The molecule has 0 fully saturated rings. The number of nitrogens with zero attached hydrogens (tertiary/aromatic N) is 2. The lowest BCUT2D eigenvalue weighted by Crippen LogP contribution is -2.44. The first-order valence-electron chi connectivity index (χ1n) is 6.18. The highest BCUT2D eigenvalue weighted by atomic mass is 32.2. The van der Waals surface area contributed by atoms with Crippen LogP contribution in [0.1, 0.15) is 19.8 Å². The molecule has 0 saturated heterocycles. The molecule has 23 heavy (non-hydrogen) atoms. The van der Waals surface area contributed by atoms with Crippen LogP contribution in [0.15, 0.2) is 25.3 Å². The van der Waals surface area contributed by atoms with Gasteiger partial charge in [-0.1, -0.05) is 19.9 Å². The maximum Gasteiger partial charge on any atom is 0.511 e. The molecule has 0 atom stereocenters. The number of rotatable bonds is 5. The zero-order valence-electron chi connectivity index (χ0n) is 12.0. The number of aryl methyl sites for hydroxylation is 1. The molecule has 12 heteroatoms. The molecule has 0 aliphatic rings. The van der Waals surface area contributed by atoms with Crippen molar-refractivity contribution < 1.29 is 39.3 Å². The van der Waals surface area contributed by atoms with Crippen LogP contribution in [0.5, 0.6) is 0 Å². The van der Waals surface area contributed by atoms with E-state index in [1.165, 1.54) is 12.8 Å². The molecular formula is C11H16F6N3O2S+. The van der Waals surface area contributed by atoms with Gasteiger partial charge in [0.25, 0.3) is 0 Å². The molecule has 0 unspecified atom stereocenters. The Kier molecular flexibility index (Phi) is 7.77. The number of unbranched alkanes of at least 4 members (excludes halogenated alkanes) is 1. The topological polar surface area (TPSA) is 55.0 Å². The predicted molar refractivity (Wildman–Crippen MR) is 70.1 cm³/mol. The van der Waals surface area contributed by atoms with Crippen LogP contribution >= 0.6 is 0 Å². The second-order valence-electron chi connectivity index (χ2n) is 4.18. The van der Waals surface area contributed by atoms with Gasteiger partial charge in [-0.15, -0.1) is 4.72 Å². The van der Waals surface area contributed by atoms with E-state index >= 15 is 0 Å². The molecule has 1 heterocycles. The van der Waals surface area contributed by atoms with Crippen LogP contribution in [0.2, 0.25) is 0 Å². The summed E-state index contributed by atoms with van der Waals surface area (Å²) < 4.78 is 89.9. The lowest BCUT2D eigenvalue weighted by atomic mass is 10.3. The van der Waals surface area contributed by atoms with Crippen molar-refractivity contribution in [3.8, 4) is 0 Å². The number of hydrogen-bond acceptors (Lipinski definition) is 2. The Bertz CT molecular complexity index is 592. The van der Waals surface area contributed by atoms with Crippen LogP contribution in [0, 0.1) is 0 Å². The molecule has 1 rings (SSSR count). The molecule has 0 aliphatic carbocycles. The average molecular weight is 368 g/mol. The fraction of sp³-hybridized carbons (Fsp3) is 0.545. The minimum absolute atomic E-state index is 0.517. The number of alkyl halides is 6. The minimum atomic E-state index is -6.33. The van der Waals surface area contributed by atoms with Crippen molar-refractivity contribution in [2.45, 2.75) is 38.1 Å². The van der Waals surface area contributed by atoms with Gasteiger partial charge < -0.3 is 0 Å². The van der Waals surface area contributed by atoms with Crippen LogP contribution in [0.3, 0.4) is 0 Å². The summed E-state index contributed by atoms with van der Waals surface area (Å²) in [5.74, 6) is 0. The van der Waals surface area contributed by atoms with E-state index in [-0.39, 0.29) is 0 Å². The van der Waals surface area contributed by atoms with Gasteiger partial charge >= 0.3 is 21.8 Å². The van der Waals surface area contributed by atoms with Crippen molar-refractivity contribution in [1.82, 2.24) is 9.29 Å². The van der Waals surface area contributed by atoms with Gasteiger partial charge in [0.2, 0.25) is 6.33 Å². The third-order valence-corrected chi connectivity index (χ3v) is 3.36. The van der Waals surface area contributed by atoms with Crippen LogP contribution in [0.25, 0.3) is 6.20 Å². The van der Waals surface area contributed by atoms with Crippen molar-refractivity contribution in [1.29, 1.82) is 0 Å². The lowest BCUT2D eigenvalue weighted by molar-refractivity contribution is -0.696.